The van der Waals surface area contributed by atoms with Gasteiger partial charge in [-0.25, -0.2) is 4.98 Å². The molecular formula is C10H10ClNO2. The summed E-state index contributed by atoms with van der Waals surface area (Å²) in [6.45, 7) is 0.570. The Labute approximate surface area is 87.0 Å². The molecule has 4 heteroatoms. The molecule has 2 rings (SSSR count). The summed E-state index contributed by atoms with van der Waals surface area (Å²) >= 11 is 5.67. The number of carbonyl (C=O) groups is 1. The molecule has 0 atom stereocenters. The van der Waals surface area contributed by atoms with E-state index in [2.05, 4.69) is 4.98 Å². The fraction of sp³-hybridized carbons (Fsp3) is 0.400. The number of nitrogens with zero attached hydrogens (tertiary/aromatic N) is 1. The van der Waals surface area contributed by atoms with E-state index in [9.17, 15) is 4.79 Å². The summed E-state index contributed by atoms with van der Waals surface area (Å²) in [5, 5.41) is 0.594. The van der Waals surface area contributed by atoms with Crippen molar-refractivity contribution in [3.63, 3.8) is 0 Å². The number of pyridine rings is 1. The van der Waals surface area contributed by atoms with Crippen molar-refractivity contribution in [1.29, 1.82) is 0 Å². The van der Waals surface area contributed by atoms with Gasteiger partial charge in [0.1, 0.15) is 5.78 Å². The van der Waals surface area contributed by atoms with Crippen LogP contribution in [0.5, 0.6) is 5.88 Å². The zero-order valence-corrected chi connectivity index (χ0v) is 8.33. The van der Waals surface area contributed by atoms with Crippen LogP contribution in [-0.4, -0.2) is 17.4 Å². The molecule has 1 fully saturated rings. The Hall–Kier alpha value is -1.09. The molecule has 0 radical (unpaired) electrons. The van der Waals surface area contributed by atoms with Crippen molar-refractivity contribution in [3.8, 4) is 5.88 Å². The van der Waals surface area contributed by atoms with Gasteiger partial charge in [0.15, 0.2) is 0 Å². The smallest absolute Gasteiger partial charge is 0.213 e. The number of hydrogen-bond acceptors (Lipinski definition) is 3. The van der Waals surface area contributed by atoms with Crippen molar-refractivity contribution < 1.29 is 9.53 Å². The Morgan fingerprint density at radius 2 is 2.29 bits per heavy atom. The number of Topliss-reactive ketones (excluding diaryl/α,β-unsaturated/α-hetero) is 1. The second-order valence-corrected chi connectivity index (χ2v) is 3.88. The molecule has 1 aliphatic rings. The first-order valence-corrected chi connectivity index (χ1v) is 4.88. The number of aromatic nitrogens is 1. The molecule has 1 aromatic rings. The van der Waals surface area contributed by atoms with Gasteiger partial charge in [0.25, 0.3) is 0 Å². The number of carbonyl (C=O) groups excluding carboxylic acids is 1. The normalized spacial score (nSPS) is 16.5. The van der Waals surface area contributed by atoms with E-state index >= 15 is 0 Å². The van der Waals surface area contributed by atoms with E-state index in [1.54, 1.807) is 18.3 Å². The fourth-order valence-corrected chi connectivity index (χ4v) is 1.46. The fourth-order valence-electron chi connectivity index (χ4n) is 1.35. The van der Waals surface area contributed by atoms with Gasteiger partial charge in [-0.15, -0.1) is 0 Å². The zero-order valence-electron chi connectivity index (χ0n) is 7.57. The largest absolute Gasteiger partial charge is 0.477 e. The molecule has 0 unspecified atom stereocenters. The van der Waals surface area contributed by atoms with Crippen LogP contribution in [0.1, 0.15) is 12.8 Å². The average molecular weight is 212 g/mol. The second-order valence-electron chi connectivity index (χ2n) is 3.44. The van der Waals surface area contributed by atoms with E-state index < -0.39 is 0 Å². The molecule has 74 valence electrons. The van der Waals surface area contributed by atoms with Crippen molar-refractivity contribution in [1.82, 2.24) is 4.98 Å². The quantitative estimate of drug-likeness (QED) is 0.769. The van der Waals surface area contributed by atoms with Crippen LogP contribution in [0.2, 0.25) is 5.02 Å². The highest BCUT2D eigenvalue weighted by Gasteiger charge is 2.26. The molecule has 1 heterocycles. The van der Waals surface area contributed by atoms with Crippen molar-refractivity contribution in [3.05, 3.63) is 23.4 Å². The highest BCUT2D eigenvalue weighted by Crippen LogP contribution is 2.23. The molecule has 0 bridgehead atoms. The molecule has 1 saturated carbocycles. The Morgan fingerprint density at radius 1 is 1.50 bits per heavy atom. The topological polar surface area (TPSA) is 39.2 Å². The Balaban J connectivity index is 1.80. The molecule has 0 saturated heterocycles. The molecule has 3 nitrogen and oxygen atoms in total. The summed E-state index contributed by atoms with van der Waals surface area (Å²) in [6, 6.07) is 3.46. The van der Waals surface area contributed by atoms with Gasteiger partial charge >= 0.3 is 0 Å². The van der Waals surface area contributed by atoms with Crippen molar-refractivity contribution in [2.75, 3.05) is 6.61 Å². The molecule has 1 aliphatic carbocycles. The van der Waals surface area contributed by atoms with E-state index in [-0.39, 0.29) is 0 Å². The van der Waals surface area contributed by atoms with Crippen LogP contribution in [0.3, 0.4) is 0 Å². The molecule has 0 amide bonds. The van der Waals surface area contributed by atoms with E-state index in [1.807, 2.05) is 0 Å². The average Bonchev–Trinajstić information content (AvgIpc) is 2.13. The van der Waals surface area contributed by atoms with Gasteiger partial charge in [-0.1, -0.05) is 11.6 Å². The lowest BCUT2D eigenvalue weighted by Gasteiger charge is -2.23. The standard InChI is InChI=1S/C10H10ClNO2/c11-8-1-2-10(12-5-8)14-6-7-3-9(13)4-7/h1-2,5,7H,3-4,6H2. The lowest BCUT2D eigenvalue weighted by Crippen LogP contribution is -2.28. The van der Waals surface area contributed by atoms with Crippen LogP contribution in [-0.2, 0) is 4.79 Å². The van der Waals surface area contributed by atoms with Gasteiger partial charge < -0.3 is 4.74 Å². The Bertz CT molecular complexity index is 328. The monoisotopic (exact) mass is 211 g/mol. The summed E-state index contributed by atoms with van der Waals surface area (Å²) in [5.74, 6) is 1.26. The maximum Gasteiger partial charge on any atom is 0.213 e. The lowest BCUT2D eigenvalue weighted by molar-refractivity contribution is -0.127. The Morgan fingerprint density at radius 3 is 2.86 bits per heavy atom. The second kappa shape index (κ2) is 3.96. The molecule has 1 aromatic heterocycles. The summed E-state index contributed by atoms with van der Waals surface area (Å²) in [5.41, 5.74) is 0. The first-order valence-electron chi connectivity index (χ1n) is 4.50. The third-order valence-corrected chi connectivity index (χ3v) is 2.42. The van der Waals surface area contributed by atoms with Crippen LogP contribution in [0.25, 0.3) is 0 Å². The number of ether oxygens (including phenoxy) is 1. The van der Waals surface area contributed by atoms with E-state index in [0.29, 0.717) is 42.1 Å². The van der Waals surface area contributed by atoms with Crippen molar-refractivity contribution in [2.45, 2.75) is 12.8 Å². The predicted octanol–water partition coefficient (Wildman–Crippen LogP) is 2.09. The highest BCUT2D eigenvalue weighted by atomic mass is 35.5. The van der Waals surface area contributed by atoms with Crippen LogP contribution >= 0.6 is 11.6 Å². The predicted molar refractivity (Wildman–Crippen MR) is 52.5 cm³/mol. The number of rotatable bonds is 3. The Kier molecular flexibility index (Phi) is 2.68. The van der Waals surface area contributed by atoms with Crippen LogP contribution in [0.15, 0.2) is 18.3 Å². The van der Waals surface area contributed by atoms with E-state index in [1.165, 1.54) is 0 Å². The van der Waals surface area contributed by atoms with Crippen molar-refractivity contribution in [2.24, 2.45) is 5.92 Å². The maximum atomic E-state index is 10.7. The van der Waals surface area contributed by atoms with Gasteiger partial charge in [0, 0.05) is 31.0 Å². The minimum atomic E-state index is 0.322. The summed E-state index contributed by atoms with van der Waals surface area (Å²) in [4.78, 5) is 14.7. The zero-order chi connectivity index (χ0) is 9.97. The summed E-state index contributed by atoms with van der Waals surface area (Å²) < 4.78 is 5.39. The maximum absolute atomic E-state index is 10.7. The molecule has 0 aliphatic heterocycles. The third-order valence-electron chi connectivity index (χ3n) is 2.20. The molecule has 14 heavy (non-hydrogen) atoms. The van der Waals surface area contributed by atoms with E-state index in [4.69, 9.17) is 16.3 Å². The lowest BCUT2D eigenvalue weighted by atomic mass is 9.85. The van der Waals surface area contributed by atoms with Gasteiger partial charge in [-0.3, -0.25) is 4.79 Å². The minimum Gasteiger partial charge on any atom is -0.477 e. The summed E-state index contributed by atoms with van der Waals surface area (Å²) in [7, 11) is 0. The van der Waals surface area contributed by atoms with Gasteiger partial charge in [0.2, 0.25) is 5.88 Å². The van der Waals surface area contributed by atoms with Crippen LogP contribution in [0, 0.1) is 5.92 Å². The van der Waals surface area contributed by atoms with Crippen LogP contribution < -0.4 is 4.74 Å². The number of ketones is 1. The summed E-state index contributed by atoms with van der Waals surface area (Å²) in [6.07, 6.45) is 2.84. The SMILES string of the molecule is O=C1CC(COc2ccc(Cl)cn2)C1. The van der Waals surface area contributed by atoms with E-state index in [0.717, 1.165) is 0 Å². The van der Waals surface area contributed by atoms with Crippen LogP contribution in [0.4, 0.5) is 0 Å². The number of halogens is 1. The molecule has 0 N–H and O–H groups in total. The highest BCUT2D eigenvalue weighted by molar-refractivity contribution is 6.30. The first-order chi connectivity index (χ1) is 6.74. The molecule has 0 aromatic carbocycles. The minimum absolute atomic E-state index is 0.322. The third kappa shape index (κ3) is 2.23. The van der Waals surface area contributed by atoms with Crippen molar-refractivity contribution >= 4 is 17.4 Å². The van der Waals surface area contributed by atoms with Gasteiger partial charge in [-0.2, -0.15) is 0 Å². The molecule has 0 spiro atoms. The van der Waals surface area contributed by atoms with Gasteiger partial charge in [-0.05, 0) is 6.07 Å². The van der Waals surface area contributed by atoms with Gasteiger partial charge in [0.05, 0.1) is 11.6 Å². The number of hydrogen-bond donors (Lipinski definition) is 0. The molecular weight excluding hydrogens is 202 g/mol. The first kappa shape index (κ1) is 9.46.